The number of anilines is 3. The molecular weight excluding hydrogens is 254 g/mol. The zero-order chi connectivity index (χ0) is 14.7. The first-order valence-electron chi connectivity index (χ1n) is 7.16. The molecule has 0 atom stereocenters. The molecule has 112 valence electrons. The Balaban J connectivity index is 2.15. The maximum Gasteiger partial charge on any atom is 0.243 e. The first kappa shape index (κ1) is 14.8. The standard InChI is InChI=1S/C13H25N7/c1-9(2)10-5-7-20(8-6-10)13-16-11(18-14)15-12(17-13)19(3)4/h9-10H,5-8,14H2,1-4H3,(H,15,16,17,18). The van der Waals surface area contributed by atoms with Crippen molar-refractivity contribution in [1.29, 1.82) is 0 Å². The lowest BCUT2D eigenvalue weighted by Crippen LogP contribution is -2.37. The van der Waals surface area contributed by atoms with Crippen LogP contribution in [0, 0.1) is 11.8 Å². The number of hydrogen-bond acceptors (Lipinski definition) is 7. The predicted octanol–water partition coefficient (Wildman–Crippen LogP) is 1.10. The summed E-state index contributed by atoms with van der Waals surface area (Å²) in [7, 11) is 3.81. The van der Waals surface area contributed by atoms with E-state index in [0.717, 1.165) is 24.9 Å². The van der Waals surface area contributed by atoms with Crippen molar-refractivity contribution in [2.24, 2.45) is 17.7 Å². The van der Waals surface area contributed by atoms with Crippen LogP contribution in [0.2, 0.25) is 0 Å². The van der Waals surface area contributed by atoms with Crippen molar-refractivity contribution in [3.63, 3.8) is 0 Å². The van der Waals surface area contributed by atoms with Gasteiger partial charge in [0.15, 0.2) is 0 Å². The van der Waals surface area contributed by atoms with Crippen LogP contribution in [0.25, 0.3) is 0 Å². The van der Waals surface area contributed by atoms with Crippen LogP contribution in [0.5, 0.6) is 0 Å². The second kappa shape index (κ2) is 6.21. The molecule has 0 spiro atoms. The lowest BCUT2D eigenvalue weighted by atomic mass is 9.87. The number of rotatable bonds is 4. The first-order valence-corrected chi connectivity index (χ1v) is 7.16. The van der Waals surface area contributed by atoms with Gasteiger partial charge in [-0.3, -0.25) is 5.43 Å². The summed E-state index contributed by atoms with van der Waals surface area (Å²) >= 11 is 0. The van der Waals surface area contributed by atoms with Crippen LogP contribution < -0.4 is 21.1 Å². The largest absolute Gasteiger partial charge is 0.347 e. The smallest absolute Gasteiger partial charge is 0.243 e. The molecule has 3 N–H and O–H groups in total. The highest BCUT2D eigenvalue weighted by molar-refractivity contribution is 5.44. The van der Waals surface area contributed by atoms with E-state index in [-0.39, 0.29) is 0 Å². The Kier molecular flexibility index (Phi) is 4.59. The zero-order valence-corrected chi connectivity index (χ0v) is 12.8. The second-order valence-electron chi connectivity index (χ2n) is 5.87. The van der Waals surface area contributed by atoms with Gasteiger partial charge in [-0.2, -0.15) is 15.0 Å². The molecule has 20 heavy (non-hydrogen) atoms. The Bertz CT molecular complexity index is 438. The number of nitrogens with one attached hydrogen (secondary N) is 1. The van der Waals surface area contributed by atoms with E-state index in [1.807, 2.05) is 19.0 Å². The van der Waals surface area contributed by atoms with Crippen LogP contribution in [-0.2, 0) is 0 Å². The van der Waals surface area contributed by atoms with Crippen molar-refractivity contribution in [3.8, 4) is 0 Å². The summed E-state index contributed by atoms with van der Waals surface area (Å²) in [4.78, 5) is 17.2. The topological polar surface area (TPSA) is 83.2 Å². The molecule has 1 saturated heterocycles. The van der Waals surface area contributed by atoms with Crippen LogP contribution in [0.3, 0.4) is 0 Å². The molecule has 7 heteroatoms. The van der Waals surface area contributed by atoms with Crippen LogP contribution in [0.1, 0.15) is 26.7 Å². The van der Waals surface area contributed by atoms with Crippen molar-refractivity contribution < 1.29 is 0 Å². The summed E-state index contributed by atoms with van der Waals surface area (Å²) in [6, 6.07) is 0. The average Bonchev–Trinajstić information content (AvgIpc) is 2.46. The minimum absolute atomic E-state index is 0.407. The Morgan fingerprint density at radius 2 is 1.85 bits per heavy atom. The Hall–Kier alpha value is -1.63. The van der Waals surface area contributed by atoms with Crippen molar-refractivity contribution in [2.45, 2.75) is 26.7 Å². The molecule has 1 aliphatic heterocycles. The summed E-state index contributed by atoms with van der Waals surface area (Å²) in [5.74, 6) is 8.72. The number of hydrazine groups is 1. The Morgan fingerprint density at radius 3 is 2.35 bits per heavy atom. The van der Waals surface area contributed by atoms with E-state index in [1.54, 1.807) is 0 Å². The third-order valence-corrected chi connectivity index (χ3v) is 3.91. The van der Waals surface area contributed by atoms with Crippen LogP contribution in [0.4, 0.5) is 17.8 Å². The molecule has 7 nitrogen and oxygen atoms in total. The number of nitrogens with two attached hydrogens (primary N) is 1. The van der Waals surface area contributed by atoms with Gasteiger partial charge in [-0.1, -0.05) is 13.8 Å². The highest BCUT2D eigenvalue weighted by Crippen LogP contribution is 2.27. The van der Waals surface area contributed by atoms with Gasteiger partial charge in [-0.05, 0) is 24.7 Å². The Labute approximate surface area is 120 Å². The van der Waals surface area contributed by atoms with E-state index in [1.165, 1.54) is 12.8 Å². The highest BCUT2D eigenvalue weighted by Gasteiger charge is 2.24. The summed E-state index contributed by atoms with van der Waals surface area (Å²) in [6.45, 7) is 6.57. The molecule has 0 bridgehead atoms. The third-order valence-electron chi connectivity index (χ3n) is 3.91. The molecule has 1 aromatic heterocycles. The SMILES string of the molecule is CC(C)C1CCN(c2nc(NN)nc(N(C)C)n2)CC1. The van der Waals surface area contributed by atoms with E-state index in [9.17, 15) is 0 Å². The fraction of sp³-hybridized carbons (Fsp3) is 0.769. The van der Waals surface area contributed by atoms with Gasteiger partial charge in [0.25, 0.3) is 0 Å². The first-order chi connectivity index (χ1) is 9.51. The minimum atomic E-state index is 0.407. The molecule has 0 aliphatic carbocycles. The van der Waals surface area contributed by atoms with Gasteiger partial charge < -0.3 is 9.80 Å². The van der Waals surface area contributed by atoms with Crippen LogP contribution in [0.15, 0.2) is 0 Å². The molecular formula is C13H25N7. The van der Waals surface area contributed by atoms with Crippen molar-refractivity contribution in [1.82, 2.24) is 15.0 Å². The fourth-order valence-electron chi connectivity index (χ4n) is 2.53. The average molecular weight is 279 g/mol. The van der Waals surface area contributed by atoms with Crippen molar-refractivity contribution >= 4 is 17.8 Å². The van der Waals surface area contributed by atoms with Gasteiger partial charge >= 0.3 is 0 Å². The quantitative estimate of drug-likeness (QED) is 0.630. The molecule has 0 saturated carbocycles. The molecule has 0 aromatic carbocycles. The van der Waals surface area contributed by atoms with Crippen LogP contribution >= 0.6 is 0 Å². The maximum absolute atomic E-state index is 5.44. The minimum Gasteiger partial charge on any atom is -0.347 e. The number of nitrogen functional groups attached to an aromatic ring is 1. The zero-order valence-electron chi connectivity index (χ0n) is 12.8. The van der Waals surface area contributed by atoms with Gasteiger partial charge in [0.1, 0.15) is 0 Å². The Morgan fingerprint density at radius 1 is 1.20 bits per heavy atom. The molecule has 0 unspecified atom stereocenters. The monoisotopic (exact) mass is 279 g/mol. The van der Waals surface area contributed by atoms with Crippen molar-refractivity contribution in [3.05, 3.63) is 0 Å². The van der Waals surface area contributed by atoms with Gasteiger partial charge in [-0.15, -0.1) is 0 Å². The fourth-order valence-corrected chi connectivity index (χ4v) is 2.53. The maximum atomic E-state index is 5.44. The molecule has 1 fully saturated rings. The molecule has 1 aromatic rings. The number of nitrogens with zero attached hydrogens (tertiary/aromatic N) is 5. The van der Waals surface area contributed by atoms with Crippen molar-refractivity contribution in [2.75, 3.05) is 42.4 Å². The molecule has 1 aliphatic rings. The van der Waals surface area contributed by atoms with Gasteiger partial charge in [0.05, 0.1) is 0 Å². The number of piperidine rings is 1. The summed E-state index contributed by atoms with van der Waals surface area (Å²) in [6.07, 6.45) is 2.37. The summed E-state index contributed by atoms with van der Waals surface area (Å²) in [5.41, 5.74) is 2.51. The van der Waals surface area contributed by atoms with E-state index < -0.39 is 0 Å². The molecule has 0 radical (unpaired) electrons. The van der Waals surface area contributed by atoms with E-state index >= 15 is 0 Å². The third kappa shape index (κ3) is 3.27. The second-order valence-corrected chi connectivity index (χ2v) is 5.87. The van der Waals surface area contributed by atoms with E-state index in [4.69, 9.17) is 5.84 Å². The summed E-state index contributed by atoms with van der Waals surface area (Å²) < 4.78 is 0. The molecule has 2 rings (SSSR count). The number of aromatic nitrogens is 3. The van der Waals surface area contributed by atoms with E-state index in [2.05, 4.69) is 39.1 Å². The van der Waals surface area contributed by atoms with Crippen LogP contribution in [-0.4, -0.2) is 42.1 Å². The summed E-state index contributed by atoms with van der Waals surface area (Å²) in [5, 5.41) is 0. The predicted molar refractivity (Wildman–Crippen MR) is 81.7 cm³/mol. The number of hydrogen-bond donors (Lipinski definition) is 2. The van der Waals surface area contributed by atoms with Gasteiger partial charge in [0, 0.05) is 27.2 Å². The normalized spacial score (nSPS) is 16.6. The molecule has 2 heterocycles. The lowest BCUT2D eigenvalue weighted by molar-refractivity contribution is 0.310. The highest BCUT2D eigenvalue weighted by atomic mass is 15.4. The van der Waals surface area contributed by atoms with Gasteiger partial charge in [-0.25, -0.2) is 5.84 Å². The van der Waals surface area contributed by atoms with E-state index in [0.29, 0.717) is 17.8 Å². The molecule has 0 amide bonds. The lowest BCUT2D eigenvalue weighted by Gasteiger charge is -2.34. The van der Waals surface area contributed by atoms with Gasteiger partial charge in [0.2, 0.25) is 17.8 Å².